The number of hydrogen-bond acceptors (Lipinski definition) is 7. The molecule has 29 heavy (non-hydrogen) atoms. The van der Waals surface area contributed by atoms with Gasteiger partial charge in [0.2, 0.25) is 18.1 Å². The molecule has 9 nitrogen and oxygen atoms in total. The lowest BCUT2D eigenvalue weighted by Crippen LogP contribution is -2.41. The highest BCUT2D eigenvalue weighted by Crippen LogP contribution is 2.30. The first-order valence-electron chi connectivity index (χ1n) is 9.88. The van der Waals surface area contributed by atoms with Gasteiger partial charge < -0.3 is 4.90 Å². The number of aryl methyl sites for hydroxylation is 1. The van der Waals surface area contributed by atoms with Gasteiger partial charge in [0.05, 0.1) is 12.5 Å². The van der Waals surface area contributed by atoms with E-state index in [0.717, 1.165) is 25.7 Å². The number of rotatable bonds is 9. The molecule has 2 heterocycles. The molecule has 0 aromatic carbocycles. The Balaban J connectivity index is 1.67. The fourth-order valence-corrected chi connectivity index (χ4v) is 3.89. The number of aromatic nitrogens is 2. The summed E-state index contributed by atoms with van der Waals surface area (Å²) in [4.78, 5) is 33.4. The summed E-state index contributed by atoms with van der Waals surface area (Å²) >= 11 is 0. The Labute approximate surface area is 168 Å². The van der Waals surface area contributed by atoms with E-state index in [0.29, 0.717) is 36.3 Å². The zero-order valence-electron chi connectivity index (χ0n) is 16.5. The number of amides is 2. The van der Waals surface area contributed by atoms with Crippen molar-refractivity contribution in [1.82, 2.24) is 20.5 Å². The summed E-state index contributed by atoms with van der Waals surface area (Å²) in [6.07, 6.45) is 8.95. The van der Waals surface area contributed by atoms with E-state index in [9.17, 15) is 19.2 Å². The monoisotopic (exact) mass is 406 g/mol. The molecule has 2 amide bonds. The highest BCUT2D eigenvalue weighted by Gasteiger charge is 2.27. The Morgan fingerprint density at radius 3 is 2.72 bits per heavy atom. The number of hydrogen-bond donors (Lipinski definition) is 3. The minimum Gasteiger partial charge on any atom is -0.347 e. The molecule has 10 heteroatoms. The van der Waals surface area contributed by atoms with Crippen LogP contribution in [0.1, 0.15) is 37.9 Å². The zero-order valence-corrected chi connectivity index (χ0v) is 16.5. The van der Waals surface area contributed by atoms with Gasteiger partial charge in [-0.15, -0.1) is 0 Å². The van der Waals surface area contributed by atoms with E-state index in [4.69, 9.17) is 0 Å². The number of anilines is 2. The molecule has 3 rings (SSSR count). The van der Waals surface area contributed by atoms with E-state index < -0.39 is 17.6 Å². The molecule has 0 saturated heterocycles. The summed E-state index contributed by atoms with van der Waals surface area (Å²) in [6, 6.07) is 0. The van der Waals surface area contributed by atoms with Crippen molar-refractivity contribution in [2.75, 3.05) is 30.0 Å². The van der Waals surface area contributed by atoms with Crippen molar-refractivity contribution in [3.63, 3.8) is 0 Å². The van der Waals surface area contributed by atoms with E-state index in [-0.39, 0.29) is 24.6 Å². The van der Waals surface area contributed by atoms with Crippen LogP contribution in [0.2, 0.25) is 0 Å². The highest BCUT2D eigenvalue weighted by atomic mass is 19.1. The molecule has 0 spiro atoms. The van der Waals surface area contributed by atoms with E-state index in [2.05, 4.69) is 20.8 Å². The largest absolute Gasteiger partial charge is 0.347 e. The third-order valence-electron chi connectivity index (χ3n) is 5.36. The quantitative estimate of drug-likeness (QED) is 0.248. The Morgan fingerprint density at radius 2 is 2.07 bits per heavy atom. The molecule has 0 bridgehead atoms. The third-order valence-corrected chi connectivity index (χ3v) is 5.36. The van der Waals surface area contributed by atoms with Crippen LogP contribution in [0, 0.1) is 24.6 Å². The molecule has 1 aromatic heterocycles. The molecule has 1 saturated carbocycles. The maximum atomic E-state index is 14.8. The lowest BCUT2D eigenvalue weighted by Gasteiger charge is -2.23. The number of carbonyl (C=O) groups is 2. The summed E-state index contributed by atoms with van der Waals surface area (Å²) in [5.41, 5.74) is 5.03. The normalized spacial score (nSPS) is 17.4. The second kappa shape index (κ2) is 9.64. The molecule has 1 aliphatic carbocycles. The van der Waals surface area contributed by atoms with Crippen LogP contribution in [0.15, 0.2) is 12.2 Å². The molecule has 1 aliphatic heterocycles. The summed E-state index contributed by atoms with van der Waals surface area (Å²) < 4.78 is 14.8. The van der Waals surface area contributed by atoms with Crippen LogP contribution in [0.25, 0.3) is 0 Å². The average Bonchev–Trinajstić information content (AvgIpc) is 3.41. The van der Waals surface area contributed by atoms with Crippen LogP contribution in [0.3, 0.4) is 0 Å². The van der Waals surface area contributed by atoms with Gasteiger partial charge in [-0.2, -0.15) is 4.39 Å². The molecule has 2 aliphatic rings. The SMILES string of the molecule is Cc1nc(NNC(=O)[C@@H](CC2CCCC2)CN(O)C=O)c(F)c(N2CC=CC2)n1. The van der Waals surface area contributed by atoms with Crippen molar-refractivity contribution in [2.45, 2.75) is 39.0 Å². The molecule has 0 unspecified atom stereocenters. The van der Waals surface area contributed by atoms with E-state index >= 15 is 0 Å². The first kappa shape index (κ1) is 21.0. The molecule has 1 aromatic rings. The van der Waals surface area contributed by atoms with E-state index in [1.165, 1.54) is 0 Å². The smallest absolute Gasteiger partial charge is 0.243 e. The molecule has 1 fully saturated rings. The van der Waals surface area contributed by atoms with Crippen molar-refractivity contribution in [3.8, 4) is 0 Å². The second-order valence-electron chi connectivity index (χ2n) is 7.56. The summed E-state index contributed by atoms with van der Waals surface area (Å²) in [5.74, 6) is -0.906. The Hall–Kier alpha value is -2.75. The summed E-state index contributed by atoms with van der Waals surface area (Å²) in [6.45, 7) is 2.64. The van der Waals surface area contributed by atoms with Gasteiger partial charge in [-0.3, -0.25) is 25.6 Å². The molecule has 158 valence electrons. The van der Waals surface area contributed by atoms with Gasteiger partial charge in [0, 0.05) is 13.1 Å². The number of carbonyl (C=O) groups excluding carboxylic acids is 2. The molecular weight excluding hydrogens is 379 g/mol. The number of hydrazine groups is 1. The maximum Gasteiger partial charge on any atom is 0.243 e. The van der Waals surface area contributed by atoms with Crippen LogP contribution < -0.4 is 15.8 Å². The minimum absolute atomic E-state index is 0.122. The van der Waals surface area contributed by atoms with Crippen molar-refractivity contribution in [2.24, 2.45) is 11.8 Å². The number of nitrogens with one attached hydrogen (secondary N) is 2. The second-order valence-corrected chi connectivity index (χ2v) is 7.56. The van der Waals surface area contributed by atoms with Crippen LogP contribution in [0.4, 0.5) is 16.0 Å². The van der Waals surface area contributed by atoms with Crippen LogP contribution in [-0.2, 0) is 9.59 Å². The zero-order chi connectivity index (χ0) is 20.8. The Morgan fingerprint density at radius 1 is 1.38 bits per heavy atom. The number of hydroxylamine groups is 2. The topological polar surface area (TPSA) is 111 Å². The Bertz CT molecular complexity index is 761. The van der Waals surface area contributed by atoms with Gasteiger partial charge in [-0.25, -0.2) is 15.0 Å². The summed E-state index contributed by atoms with van der Waals surface area (Å²) in [5, 5.41) is 10.0. The highest BCUT2D eigenvalue weighted by molar-refractivity contribution is 5.80. The lowest BCUT2D eigenvalue weighted by atomic mass is 9.92. The molecule has 3 N–H and O–H groups in total. The number of halogens is 1. The Kier molecular flexibility index (Phi) is 6.97. The summed E-state index contributed by atoms with van der Waals surface area (Å²) in [7, 11) is 0. The molecule has 0 radical (unpaired) electrons. The van der Waals surface area contributed by atoms with Crippen LogP contribution in [-0.4, -0.2) is 52.2 Å². The van der Waals surface area contributed by atoms with Crippen molar-refractivity contribution < 1.29 is 19.2 Å². The lowest BCUT2D eigenvalue weighted by molar-refractivity contribution is -0.154. The first-order chi connectivity index (χ1) is 14.0. The van der Waals surface area contributed by atoms with Crippen molar-refractivity contribution in [3.05, 3.63) is 23.8 Å². The van der Waals surface area contributed by atoms with Gasteiger partial charge in [-0.05, 0) is 19.3 Å². The van der Waals surface area contributed by atoms with Gasteiger partial charge in [0.15, 0.2) is 11.6 Å². The fourth-order valence-electron chi connectivity index (χ4n) is 3.89. The molecule has 1 atom stereocenters. The standard InChI is InChI=1S/C19H27FN6O3/c1-13-21-17(16(20)18(22-13)25-8-4-5-9-25)23-24-19(28)15(11-26(29)12-27)10-14-6-2-3-7-14/h4-5,12,14-15,29H,2-3,6-11H2,1H3,(H,24,28)(H,21,22,23)/t15-/m0/s1. The van der Waals surface area contributed by atoms with Gasteiger partial charge in [-0.1, -0.05) is 37.8 Å². The predicted molar refractivity (Wildman–Crippen MR) is 104 cm³/mol. The van der Waals surface area contributed by atoms with Gasteiger partial charge >= 0.3 is 0 Å². The van der Waals surface area contributed by atoms with Crippen molar-refractivity contribution >= 4 is 24.0 Å². The maximum absolute atomic E-state index is 14.8. The first-order valence-corrected chi connectivity index (χ1v) is 9.88. The van der Waals surface area contributed by atoms with E-state index in [1.54, 1.807) is 11.8 Å². The van der Waals surface area contributed by atoms with Gasteiger partial charge in [0.1, 0.15) is 5.82 Å². The van der Waals surface area contributed by atoms with Crippen molar-refractivity contribution in [1.29, 1.82) is 0 Å². The third kappa shape index (κ3) is 5.41. The van der Waals surface area contributed by atoms with E-state index in [1.807, 2.05) is 12.2 Å². The van der Waals surface area contributed by atoms with Crippen LogP contribution >= 0.6 is 0 Å². The minimum atomic E-state index is -0.649. The predicted octanol–water partition coefficient (Wildman–Crippen LogP) is 1.79. The average molecular weight is 406 g/mol. The fraction of sp³-hybridized carbons (Fsp3) is 0.579. The number of nitrogens with zero attached hydrogens (tertiary/aromatic N) is 4. The van der Waals surface area contributed by atoms with Crippen LogP contribution in [0.5, 0.6) is 0 Å². The molecular formula is C19H27FN6O3. The van der Waals surface area contributed by atoms with Gasteiger partial charge in [0.25, 0.3) is 0 Å².